The number of hydrogen-bond acceptors (Lipinski definition) is 3. The summed E-state index contributed by atoms with van der Waals surface area (Å²) >= 11 is 0. The second-order valence-electron chi connectivity index (χ2n) is 4.92. The molecule has 17 heavy (non-hydrogen) atoms. The van der Waals surface area contributed by atoms with Crippen molar-refractivity contribution in [2.75, 3.05) is 13.1 Å². The maximum Gasteiger partial charge on any atom is 0.173 e. The van der Waals surface area contributed by atoms with Gasteiger partial charge in [-0.3, -0.25) is 9.78 Å². The topological polar surface area (TPSA) is 42.0 Å². The lowest BCUT2D eigenvalue weighted by molar-refractivity contribution is 0.0735. The minimum Gasteiger partial charge on any atom is -0.316 e. The number of carbonyl (C=O) groups is 1. The van der Waals surface area contributed by atoms with Gasteiger partial charge in [0, 0.05) is 18.2 Å². The number of carbonyl (C=O) groups excluding carboxylic acids is 1. The van der Waals surface area contributed by atoms with Crippen LogP contribution in [0, 0.1) is 17.2 Å². The molecule has 0 aliphatic carbocycles. The van der Waals surface area contributed by atoms with Crippen molar-refractivity contribution in [1.29, 1.82) is 0 Å². The summed E-state index contributed by atoms with van der Waals surface area (Å²) in [7, 11) is 0. The maximum atomic E-state index is 13.6. The average molecular weight is 236 g/mol. The van der Waals surface area contributed by atoms with Crippen LogP contribution in [0.2, 0.25) is 0 Å². The molecule has 1 unspecified atom stereocenters. The third-order valence-corrected chi connectivity index (χ3v) is 3.76. The van der Waals surface area contributed by atoms with Crippen LogP contribution in [0.1, 0.15) is 30.6 Å². The van der Waals surface area contributed by atoms with E-state index in [1.807, 2.05) is 13.8 Å². The van der Waals surface area contributed by atoms with Crippen LogP contribution in [-0.4, -0.2) is 23.9 Å². The molecule has 0 radical (unpaired) electrons. The van der Waals surface area contributed by atoms with Gasteiger partial charge >= 0.3 is 0 Å². The summed E-state index contributed by atoms with van der Waals surface area (Å²) in [6.45, 7) is 5.48. The molecule has 3 nitrogen and oxygen atoms in total. The molecular formula is C13H17FN2O. The maximum absolute atomic E-state index is 13.6. The van der Waals surface area contributed by atoms with Crippen LogP contribution in [-0.2, 0) is 0 Å². The quantitative estimate of drug-likeness (QED) is 0.817. The number of hydrogen-bond donors (Lipinski definition) is 1. The van der Waals surface area contributed by atoms with Crippen LogP contribution < -0.4 is 5.32 Å². The molecule has 1 aromatic heterocycles. The van der Waals surface area contributed by atoms with Crippen molar-refractivity contribution in [2.45, 2.75) is 20.3 Å². The predicted molar refractivity (Wildman–Crippen MR) is 63.3 cm³/mol. The molecular weight excluding hydrogens is 219 g/mol. The van der Waals surface area contributed by atoms with Crippen molar-refractivity contribution in [3.63, 3.8) is 0 Å². The lowest BCUT2D eigenvalue weighted by Gasteiger charge is -2.31. The van der Waals surface area contributed by atoms with Gasteiger partial charge in [-0.05, 0) is 24.9 Å². The summed E-state index contributed by atoms with van der Waals surface area (Å²) in [6.07, 6.45) is 3.33. The second kappa shape index (κ2) is 4.53. The number of halogens is 1. The summed E-state index contributed by atoms with van der Waals surface area (Å²) in [6, 6.07) is 1.47. The fourth-order valence-corrected chi connectivity index (χ4v) is 2.49. The van der Waals surface area contributed by atoms with Gasteiger partial charge in [0.25, 0.3) is 0 Å². The Morgan fingerprint density at radius 2 is 2.35 bits per heavy atom. The number of aromatic nitrogens is 1. The van der Waals surface area contributed by atoms with E-state index in [4.69, 9.17) is 0 Å². The smallest absolute Gasteiger partial charge is 0.173 e. The fraction of sp³-hybridized carbons (Fsp3) is 0.538. The zero-order valence-corrected chi connectivity index (χ0v) is 10.2. The van der Waals surface area contributed by atoms with E-state index >= 15 is 0 Å². The number of Topliss-reactive ketones (excluding diaryl/α,β-unsaturated/α-hetero) is 1. The first kappa shape index (κ1) is 12.2. The lowest BCUT2D eigenvalue weighted by Crippen LogP contribution is -2.39. The normalized spacial score (nSPS) is 24.2. The van der Waals surface area contributed by atoms with Crippen molar-refractivity contribution in [3.8, 4) is 0 Å². The minimum absolute atomic E-state index is 0.0996. The van der Waals surface area contributed by atoms with E-state index in [0.717, 1.165) is 19.2 Å². The van der Waals surface area contributed by atoms with E-state index in [-0.39, 0.29) is 17.3 Å². The minimum atomic E-state index is -0.524. The number of pyridine rings is 1. The highest BCUT2D eigenvalue weighted by molar-refractivity contribution is 6.01. The van der Waals surface area contributed by atoms with Crippen LogP contribution in [0.4, 0.5) is 4.39 Å². The number of nitrogens with zero attached hydrogens (tertiary/aromatic N) is 1. The molecule has 0 saturated carbocycles. The lowest BCUT2D eigenvalue weighted by atomic mass is 9.71. The van der Waals surface area contributed by atoms with Gasteiger partial charge in [0.15, 0.2) is 11.6 Å². The zero-order valence-electron chi connectivity index (χ0n) is 10.2. The highest BCUT2D eigenvalue weighted by Crippen LogP contribution is 2.37. The van der Waals surface area contributed by atoms with Gasteiger partial charge in [0.1, 0.15) is 0 Å². The molecule has 92 valence electrons. The summed E-state index contributed by atoms with van der Waals surface area (Å²) in [4.78, 5) is 16.2. The molecule has 1 fully saturated rings. The van der Waals surface area contributed by atoms with Crippen LogP contribution in [0.3, 0.4) is 0 Å². The Hall–Kier alpha value is -1.29. The van der Waals surface area contributed by atoms with Crippen molar-refractivity contribution in [2.24, 2.45) is 11.3 Å². The van der Waals surface area contributed by atoms with Crippen LogP contribution in [0.25, 0.3) is 0 Å². The third kappa shape index (κ3) is 1.97. The molecule has 0 bridgehead atoms. The van der Waals surface area contributed by atoms with E-state index in [1.54, 1.807) is 0 Å². The average Bonchev–Trinajstić information content (AvgIpc) is 2.79. The molecule has 0 aromatic carbocycles. The van der Waals surface area contributed by atoms with Gasteiger partial charge in [0.2, 0.25) is 0 Å². The van der Waals surface area contributed by atoms with E-state index in [9.17, 15) is 9.18 Å². The number of nitrogens with one attached hydrogen (secondary N) is 1. The predicted octanol–water partition coefficient (Wildman–Crippen LogP) is 2.04. The van der Waals surface area contributed by atoms with Crippen LogP contribution in [0.15, 0.2) is 18.5 Å². The molecule has 0 amide bonds. The highest BCUT2D eigenvalue weighted by Gasteiger charge is 2.44. The molecule has 4 heteroatoms. The molecule has 1 N–H and O–H groups in total. The van der Waals surface area contributed by atoms with Gasteiger partial charge in [-0.15, -0.1) is 0 Å². The molecule has 0 spiro atoms. The fourth-order valence-electron chi connectivity index (χ4n) is 2.49. The SMILES string of the molecule is CC(C)C1(C(=O)c2ccncc2F)CCNC1. The highest BCUT2D eigenvalue weighted by atomic mass is 19.1. The molecule has 1 aromatic rings. The monoisotopic (exact) mass is 236 g/mol. The Kier molecular flexibility index (Phi) is 3.24. The van der Waals surface area contributed by atoms with Crippen molar-refractivity contribution < 1.29 is 9.18 Å². The molecule has 1 atom stereocenters. The standard InChI is InChI=1S/C13H17FN2O/c1-9(2)13(4-6-16-8-13)12(17)10-3-5-15-7-11(10)14/h3,5,7,9,16H,4,6,8H2,1-2H3. The van der Waals surface area contributed by atoms with Crippen molar-refractivity contribution >= 4 is 5.78 Å². The molecule has 1 saturated heterocycles. The Morgan fingerprint density at radius 1 is 1.59 bits per heavy atom. The van der Waals surface area contributed by atoms with Crippen LogP contribution in [0.5, 0.6) is 0 Å². The molecule has 2 rings (SSSR count). The summed E-state index contributed by atoms with van der Waals surface area (Å²) in [5.41, 5.74) is -0.306. The first-order valence-electron chi connectivity index (χ1n) is 5.93. The first-order chi connectivity index (χ1) is 8.08. The van der Waals surface area contributed by atoms with Gasteiger partial charge in [-0.1, -0.05) is 13.8 Å². The van der Waals surface area contributed by atoms with Crippen molar-refractivity contribution in [3.05, 3.63) is 29.8 Å². The Bertz CT molecular complexity index is 425. The summed E-state index contributed by atoms with van der Waals surface area (Å²) < 4.78 is 13.6. The van der Waals surface area contributed by atoms with Gasteiger partial charge in [-0.25, -0.2) is 4.39 Å². The Balaban J connectivity index is 2.39. The molecule has 1 aliphatic rings. The van der Waals surface area contributed by atoms with E-state index in [2.05, 4.69) is 10.3 Å². The molecule has 1 aliphatic heterocycles. The number of rotatable bonds is 3. The van der Waals surface area contributed by atoms with E-state index in [0.29, 0.717) is 6.54 Å². The summed E-state index contributed by atoms with van der Waals surface area (Å²) in [5, 5.41) is 3.21. The Morgan fingerprint density at radius 3 is 2.88 bits per heavy atom. The largest absolute Gasteiger partial charge is 0.316 e. The van der Waals surface area contributed by atoms with Crippen molar-refractivity contribution in [1.82, 2.24) is 10.3 Å². The molecule has 2 heterocycles. The van der Waals surface area contributed by atoms with Gasteiger partial charge in [0.05, 0.1) is 11.8 Å². The van der Waals surface area contributed by atoms with E-state index in [1.165, 1.54) is 12.3 Å². The third-order valence-electron chi connectivity index (χ3n) is 3.76. The Labute approximate surface area is 100 Å². The zero-order chi connectivity index (χ0) is 12.5. The second-order valence-corrected chi connectivity index (χ2v) is 4.92. The summed E-state index contributed by atoms with van der Waals surface area (Å²) in [5.74, 6) is -0.431. The number of ketones is 1. The van der Waals surface area contributed by atoms with E-state index < -0.39 is 11.2 Å². The van der Waals surface area contributed by atoms with Gasteiger partial charge in [-0.2, -0.15) is 0 Å². The first-order valence-corrected chi connectivity index (χ1v) is 5.93. The van der Waals surface area contributed by atoms with Gasteiger partial charge < -0.3 is 5.32 Å². The van der Waals surface area contributed by atoms with Crippen LogP contribution >= 0.6 is 0 Å².